The van der Waals surface area contributed by atoms with Crippen molar-refractivity contribution >= 4 is 45.2 Å². The second-order valence-corrected chi connectivity index (χ2v) is 16.9. The van der Waals surface area contributed by atoms with Gasteiger partial charge in [-0.3, -0.25) is 4.90 Å². The molecule has 2 unspecified atom stereocenters. The number of nitrogens with zero attached hydrogens (tertiary/aromatic N) is 2. The number of aromatic nitrogens is 1. The molecule has 12 nitrogen and oxygen atoms in total. The second-order valence-electron chi connectivity index (χ2n) is 14.3. The molecule has 57 heavy (non-hydrogen) atoms. The highest BCUT2D eigenvalue weighted by Crippen LogP contribution is 2.38. The third kappa shape index (κ3) is 10.1. The molecule has 3 aromatic carbocycles. The Labute approximate surface area is 338 Å². The van der Waals surface area contributed by atoms with Crippen molar-refractivity contribution in [2.75, 3.05) is 26.2 Å². The summed E-state index contributed by atoms with van der Waals surface area (Å²) in [5.41, 5.74) is 0.727. The number of carbonyl (C=O) groups excluding carboxylic acids is 2. The number of hydrogen-bond acceptors (Lipinski definition) is 10. The fourth-order valence-corrected chi connectivity index (χ4v) is 8.85. The van der Waals surface area contributed by atoms with Crippen LogP contribution in [0.25, 0.3) is 0 Å². The molecular weight excluding hydrogens is 807 g/mol. The Kier molecular flexibility index (Phi) is 12.5. The van der Waals surface area contributed by atoms with Crippen LogP contribution >= 0.6 is 23.2 Å². The molecule has 1 N–H and O–H groups in total. The summed E-state index contributed by atoms with van der Waals surface area (Å²) in [6.45, 7) is -0.434. The van der Waals surface area contributed by atoms with E-state index in [9.17, 15) is 32.0 Å². The number of benzene rings is 3. The lowest BCUT2D eigenvalue weighted by Crippen LogP contribution is -2.52. The molecule has 0 radical (unpaired) electrons. The third-order valence-corrected chi connectivity index (χ3v) is 12.4. The van der Waals surface area contributed by atoms with Gasteiger partial charge in [0.1, 0.15) is 28.3 Å². The maximum Gasteiger partial charge on any atom is 0.387 e. The molecule has 0 spiro atoms. The summed E-state index contributed by atoms with van der Waals surface area (Å²) < 4.78 is 79.8. The zero-order chi connectivity index (χ0) is 40.3. The molecule has 1 saturated carbocycles. The van der Waals surface area contributed by atoms with Crippen LogP contribution < -0.4 is 18.9 Å². The van der Waals surface area contributed by atoms with Gasteiger partial charge in [0, 0.05) is 18.5 Å². The fourth-order valence-electron chi connectivity index (χ4n) is 7.03. The highest BCUT2D eigenvalue weighted by Gasteiger charge is 2.39. The number of rotatable bonds is 16. The largest absolute Gasteiger partial charge is 0.619 e. The van der Waals surface area contributed by atoms with Crippen LogP contribution in [0.3, 0.4) is 0 Å². The average molecular weight is 847 g/mol. The summed E-state index contributed by atoms with van der Waals surface area (Å²) in [6.07, 6.45) is 4.03. The molecule has 3 saturated heterocycles. The SMILES string of the molecule is O=C(OC(Cc1c(Cl)c[n+]([O-])cc1Cl)c1ccc(OC(F)F)c(OCC2CC2)c1)c1cccc(S(=O)(=O)NC(C(=O)O[C@H]2CN3CCC2CC3)c2ccccc2)c1. The highest BCUT2D eigenvalue weighted by molar-refractivity contribution is 7.89. The molecule has 3 aliphatic heterocycles. The van der Waals surface area contributed by atoms with E-state index in [4.69, 9.17) is 37.4 Å². The number of fused-ring (bicyclic) bond motifs is 3. The van der Waals surface area contributed by atoms with Gasteiger partial charge in [0.25, 0.3) is 0 Å². The minimum atomic E-state index is -4.46. The van der Waals surface area contributed by atoms with Gasteiger partial charge in [-0.1, -0.05) is 65.7 Å². The number of carbonyl (C=O) groups is 2. The van der Waals surface area contributed by atoms with Crippen molar-refractivity contribution in [3.63, 3.8) is 0 Å². The summed E-state index contributed by atoms with van der Waals surface area (Å²) in [6, 6.07) is 16.1. The first-order chi connectivity index (χ1) is 27.3. The van der Waals surface area contributed by atoms with Crippen molar-refractivity contribution < 1.29 is 50.5 Å². The molecule has 4 heterocycles. The first-order valence-corrected chi connectivity index (χ1v) is 20.7. The van der Waals surface area contributed by atoms with Gasteiger partial charge in [0.2, 0.25) is 10.0 Å². The van der Waals surface area contributed by atoms with Crippen molar-refractivity contribution in [2.45, 2.75) is 61.9 Å². The topological polar surface area (TPSA) is 147 Å². The first kappa shape index (κ1) is 40.6. The number of ether oxygens (including phenoxy) is 4. The van der Waals surface area contributed by atoms with E-state index in [0.717, 1.165) is 57.2 Å². The number of esters is 2. The van der Waals surface area contributed by atoms with Gasteiger partial charge in [-0.15, -0.1) is 0 Å². The van der Waals surface area contributed by atoms with Gasteiger partial charge >= 0.3 is 18.6 Å². The Morgan fingerprint density at radius 3 is 2.28 bits per heavy atom. The quantitative estimate of drug-likeness (QED) is 0.0725. The molecule has 3 atom stereocenters. The molecule has 302 valence electrons. The van der Waals surface area contributed by atoms with Crippen LogP contribution in [-0.4, -0.2) is 64.2 Å². The predicted molar refractivity (Wildman–Crippen MR) is 204 cm³/mol. The zero-order valence-corrected chi connectivity index (χ0v) is 32.7. The Balaban J connectivity index is 1.15. The van der Waals surface area contributed by atoms with Gasteiger partial charge in [0.15, 0.2) is 23.9 Å². The average Bonchev–Trinajstić information content (AvgIpc) is 4.03. The summed E-state index contributed by atoms with van der Waals surface area (Å²) in [5.74, 6) is -1.49. The predicted octanol–water partition coefficient (Wildman–Crippen LogP) is 6.81. The lowest BCUT2D eigenvalue weighted by atomic mass is 9.86. The molecule has 1 aliphatic carbocycles. The summed E-state index contributed by atoms with van der Waals surface area (Å²) in [7, 11) is -4.46. The Bertz CT molecular complexity index is 2180. The summed E-state index contributed by atoms with van der Waals surface area (Å²) >= 11 is 12.8. The lowest BCUT2D eigenvalue weighted by molar-refractivity contribution is -0.605. The van der Waals surface area contributed by atoms with E-state index in [1.165, 1.54) is 36.4 Å². The van der Waals surface area contributed by atoms with Crippen LogP contribution in [0.2, 0.25) is 10.0 Å². The van der Waals surface area contributed by atoms with E-state index in [1.54, 1.807) is 30.3 Å². The van der Waals surface area contributed by atoms with Gasteiger partial charge in [-0.2, -0.15) is 18.2 Å². The molecule has 8 rings (SSSR count). The molecule has 2 bridgehead atoms. The minimum Gasteiger partial charge on any atom is -0.619 e. The Hall–Kier alpha value is -4.54. The van der Waals surface area contributed by atoms with Crippen molar-refractivity contribution in [3.8, 4) is 11.5 Å². The monoisotopic (exact) mass is 845 g/mol. The van der Waals surface area contributed by atoms with Crippen molar-refractivity contribution in [1.82, 2.24) is 9.62 Å². The zero-order valence-electron chi connectivity index (χ0n) is 30.4. The van der Waals surface area contributed by atoms with Crippen molar-refractivity contribution in [1.29, 1.82) is 0 Å². The van der Waals surface area contributed by atoms with Crippen molar-refractivity contribution in [3.05, 3.63) is 123 Å². The highest BCUT2D eigenvalue weighted by atomic mass is 35.5. The maximum atomic E-state index is 13.9. The van der Waals surface area contributed by atoms with Crippen LogP contribution in [0.5, 0.6) is 11.5 Å². The third-order valence-electron chi connectivity index (χ3n) is 10.3. The van der Waals surface area contributed by atoms with E-state index in [-0.39, 0.29) is 74.1 Å². The Morgan fingerprint density at radius 2 is 1.63 bits per heavy atom. The minimum absolute atomic E-state index is 0.0115. The first-order valence-electron chi connectivity index (χ1n) is 18.4. The van der Waals surface area contributed by atoms with E-state index < -0.39 is 40.7 Å². The van der Waals surface area contributed by atoms with E-state index in [1.807, 2.05) is 0 Å². The standard InChI is InChI=1S/C40H39Cl2F2N3O9S/c41-31-20-47(50)21-32(42)30(31)19-34(27-11-12-33(56-40(43)44)35(18-27)53-23-24-9-10-24)54-38(48)28-7-4-8-29(17-28)57(51,52)45-37(26-5-2-1-3-6-26)39(49)55-36-22-46-15-13-25(36)14-16-46/h1-8,11-12,17-18,20-21,24-25,34,36-37,40,45H,9-10,13-16,19,22-23H2/t34?,36-,37?/m0/s1. The molecule has 4 aliphatic rings. The van der Waals surface area contributed by atoms with E-state index in [2.05, 4.69) is 14.4 Å². The fraction of sp³-hybridized carbons (Fsp3) is 0.375. The number of alkyl halides is 2. The lowest BCUT2D eigenvalue weighted by Gasteiger charge is -2.44. The van der Waals surface area contributed by atoms with Gasteiger partial charge in [-0.05, 0) is 92.1 Å². The number of pyridine rings is 1. The van der Waals surface area contributed by atoms with Crippen molar-refractivity contribution in [2.24, 2.45) is 11.8 Å². The molecule has 17 heteroatoms. The van der Waals surface area contributed by atoms with Gasteiger partial charge < -0.3 is 24.2 Å². The van der Waals surface area contributed by atoms with E-state index >= 15 is 0 Å². The van der Waals surface area contributed by atoms with Gasteiger partial charge in [-0.25, -0.2) is 18.0 Å². The van der Waals surface area contributed by atoms with Crippen LogP contribution in [0.15, 0.2) is 90.1 Å². The molecule has 4 aromatic rings. The molecule has 4 fully saturated rings. The number of hydrogen-bond donors (Lipinski definition) is 1. The molecular formula is C40H39Cl2F2N3O9S. The molecule has 1 aromatic heterocycles. The number of halogens is 4. The van der Waals surface area contributed by atoms with Crippen LogP contribution in [0.1, 0.15) is 64.9 Å². The number of nitrogens with one attached hydrogen (secondary N) is 1. The molecule has 0 amide bonds. The summed E-state index contributed by atoms with van der Waals surface area (Å²) in [5, 5.41) is 11.9. The maximum absolute atomic E-state index is 13.9. The smallest absolute Gasteiger partial charge is 0.387 e. The number of sulfonamides is 1. The number of piperidine rings is 3. The van der Waals surface area contributed by atoms with Crippen LogP contribution in [0, 0.1) is 17.0 Å². The van der Waals surface area contributed by atoms with E-state index in [0.29, 0.717) is 16.8 Å². The van der Waals surface area contributed by atoms with Crippen LogP contribution in [0.4, 0.5) is 8.78 Å². The second kappa shape index (κ2) is 17.5. The normalized spacial score (nSPS) is 20.1. The summed E-state index contributed by atoms with van der Waals surface area (Å²) in [4.78, 5) is 29.5. The van der Waals surface area contributed by atoms with Crippen LogP contribution in [-0.2, 0) is 30.7 Å². The van der Waals surface area contributed by atoms with Gasteiger partial charge in [0.05, 0.1) is 17.1 Å². The Morgan fingerprint density at radius 1 is 0.912 bits per heavy atom.